The van der Waals surface area contributed by atoms with E-state index in [1.165, 1.54) is 5.56 Å². The first-order valence-corrected chi connectivity index (χ1v) is 12.3. The number of aryl methyl sites for hydroxylation is 1. The van der Waals surface area contributed by atoms with Crippen molar-refractivity contribution >= 4 is 45.2 Å². The summed E-state index contributed by atoms with van der Waals surface area (Å²) < 4.78 is 10.9. The van der Waals surface area contributed by atoms with E-state index in [4.69, 9.17) is 14.5 Å². The van der Waals surface area contributed by atoms with Crippen molar-refractivity contribution in [3.63, 3.8) is 0 Å². The number of thiophene rings is 1. The van der Waals surface area contributed by atoms with Gasteiger partial charge in [0, 0.05) is 33.4 Å². The summed E-state index contributed by atoms with van der Waals surface area (Å²) in [7, 11) is 3.27. The number of amides is 1. The Labute approximate surface area is 202 Å². The van der Waals surface area contributed by atoms with Crippen LogP contribution in [0.25, 0.3) is 10.9 Å². The fourth-order valence-electron chi connectivity index (χ4n) is 4.48. The predicted molar refractivity (Wildman–Crippen MR) is 138 cm³/mol. The number of aromatic nitrogens is 1. The zero-order valence-corrected chi connectivity index (χ0v) is 20.1. The number of fused-ring (bicyclic) bond motifs is 2. The maximum Gasteiger partial charge on any atom is 0.229 e. The maximum absolute atomic E-state index is 12.6. The van der Waals surface area contributed by atoms with E-state index < -0.39 is 0 Å². The van der Waals surface area contributed by atoms with Gasteiger partial charge in [-0.15, -0.1) is 11.3 Å². The highest BCUT2D eigenvalue weighted by molar-refractivity contribution is 7.10. The minimum atomic E-state index is -0.0258. The third kappa shape index (κ3) is 4.56. The van der Waals surface area contributed by atoms with Crippen LogP contribution in [0.5, 0.6) is 11.5 Å². The Hall–Kier alpha value is -3.58. The molecular weight excluding hydrogens is 446 g/mol. The van der Waals surface area contributed by atoms with Gasteiger partial charge in [0.15, 0.2) is 11.5 Å². The molecule has 0 spiro atoms. The van der Waals surface area contributed by atoms with Gasteiger partial charge in [-0.1, -0.05) is 6.07 Å². The highest BCUT2D eigenvalue weighted by atomic mass is 32.1. The van der Waals surface area contributed by atoms with Crippen molar-refractivity contribution in [1.29, 1.82) is 0 Å². The zero-order chi connectivity index (χ0) is 23.5. The number of anilines is 3. The molecule has 7 heteroatoms. The molecule has 2 aromatic carbocycles. The van der Waals surface area contributed by atoms with Gasteiger partial charge in [0.05, 0.1) is 31.8 Å². The smallest absolute Gasteiger partial charge is 0.229 e. The maximum atomic E-state index is 12.6. The fourth-order valence-corrected chi connectivity index (χ4v) is 5.18. The molecule has 0 unspecified atom stereocenters. The molecule has 0 atom stereocenters. The van der Waals surface area contributed by atoms with E-state index in [0.717, 1.165) is 64.2 Å². The van der Waals surface area contributed by atoms with E-state index in [2.05, 4.69) is 10.6 Å². The normalized spacial score (nSPS) is 12.8. The third-order valence-electron chi connectivity index (χ3n) is 6.11. The molecule has 34 heavy (non-hydrogen) atoms. The molecule has 1 aliphatic rings. The Morgan fingerprint density at radius 3 is 2.62 bits per heavy atom. The number of nitrogens with zero attached hydrogens (tertiary/aromatic N) is 1. The minimum Gasteiger partial charge on any atom is -0.493 e. The monoisotopic (exact) mass is 473 g/mol. The number of ether oxygens (including phenoxy) is 2. The Kier molecular flexibility index (Phi) is 6.36. The van der Waals surface area contributed by atoms with E-state index in [0.29, 0.717) is 17.9 Å². The second kappa shape index (κ2) is 9.73. The van der Waals surface area contributed by atoms with Crippen molar-refractivity contribution in [1.82, 2.24) is 4.98 Å². The van der Waals surface area contributed by atoms with Gasteiger partial charge >= 0.3 is 0 Å². The molecular formula is C27H27N3O3S. The number of carbonyl (C=O) groups is 1. The van der Waals surface area contributed by atoms with E-state index in [-0.39, 0.29) is 5.91 Å². The van der Waals surface area contributed by atoms with Crippen molar-refractivity contribution in [2.45, 2.75) is 32.1 Å². The summed E-state index contributed by atoms with van der Waals surface area (Å²) in [6.07, 6.45) is 4.61. The van der Waals surface area contributed by atoms with Gasteiger partial charge in [-0.2, -0.15) is 0 Å². The summed E-state index contributed by atoms with van der Waals surface area (Å²) >= 11 is 1.59. The molecule has 0 saturated carbocycles. The second-order valence-corrected chi connectivity index (χ2v) is 9.38. The number of carbonyl (C=O) groups excluding carboxylic acids is 1. The molecule has 2 aromatic heterocycles. The SMILES string of the molecule is COc1ccc(Nc2c3c(nc4ccc(NC(=O)Cc5cccs5)cc24)CCCC3)cc1OC. The lowest BCUT2D eigenvalue weighted by molar-refractivity contribution is -0.115. The van der Waals surface area contributed by atoms with Crippen molar-refractivity contribution in [3.05, 3.63) is 70.0 Å². The van der Waals surface area contributed by atoms with Gasteiger partial charge < -0.3 is 20.1 Å². The number of hydrogen-bond acceptors (Lipinski definition) is 6. The topological polar surface area (TPSA) is 72.5 Å². The summed E-state index contributed by atoms with van der Waals surface area (Å²) in [5.41, 5.74) is 6.03. The van der Waals surface area contributed by atoms with Crippen LogP contribution < -0.4 is 20.1 Å². The van der Waals surface area contributed by atoms with Crippen LogP contribution in [-0.2, 0) is 24.1 Å². The van der Waals surface area contributed by atoms with Crippen LogP contribution in [0, 0.1) is 0 Å². The lowest BCUT2D eigenvalue weighted by atomic mass is 9.92. The Balaban J connectivity index is 1.53. The van der Waals surface area contributed by atoms with Crippen molar-refractivity contribution in [2.24, 2.45) is 0 Å². The first-order chi connectivity index (χ1) is 16.6. The Bertz CT molecular complexity index is 1330. The van der Waals surface area contributed by atoms with E-state index in [9.17, 15) is 4.79 Å². The second-order valence-electron chi connectivity index (χ2n) is 8.35. The van der Waals surface area contributed by atoms with E-state index in [1.807, 2.05) is 53.9 Å². The summed E-state index contributed by atoms with van der Waals surface area (Å²) in [5.74, 6) is 1.33. The first-order valence-electron chi connectivity index (χ1n) is 11.4. The molecule has 0 radical (unpaired) electrons. The predicted octanol–water partition coefficient (Wildman–Crippen LogP) is 6.12. The Morgan fingerprint density at radius 1 is 1.00 bits per heavy atom. The summed E-state index contributed by atoms with van der Waals surface area (Å²) in [6, 6.07) is 15.7. The third-order valence-corrected chi connectivity index (χ3v) is 6.99. The number of hydrogen-bond donors (Lipinski definition) is 2. The van der Waals surface area contributed by atoms with Crippen LogP contribution in [0.15, 0.2) is 53.9 Å². The first kappa shape index (κ1) is 22.2. The average molecular weight is 474 g/mol. The highest BCUT2D eigenvalue weighted by Crippen LogP contribution is 2.38. The lowest BCUT2D eigenvalue weighted by Gasteiger charge is -2.22. The molecule has 0 aliphatic heterocycles. The van der Waals surface area contributed by atoms with Gasteiger partial charge in [-0.25, -0.2) is 0 Å². The van der Waals surface area contributed by atoms with Crippen LogP contribution >= 0.6 is 11.3 Å². The van der Waals surface area contributed by atoms with Crippen molar-refractivity contribution in [3.8, 4) is 11.5 Å². The van der Waals surface area contributed by atoms with Crippen LogP contribution in [0.1, 0.15) is 29.0 Å². The van der Waals surface area contributed by atoms with Crippen LogP contribution in [0.2, 0.25) is 0 Å². The molecule has 5 rings (SSSR count). The van der Waals surface area contributed by atoms with Gasteiger partial charge in [-0.05, 0) is 73.0 Å². The lowest BCUT2D eigenvalue weighted by Crippen LogP contribution is -2.14. The number of methoxy groups -OCH3 is 2. The number of nitrogens with one attached hydrogen (secondary N) is 2. The quantitative estimate of drug-likeness (QED) is 0.338. The van der Waals surface area contributed by atoms with Gasteiger partial charge in [0.2, 0.25) is 5.91 Å². The van der Waals surface area contributed by atoms with Crippen LogP contribution in [-0.4, -0.2) is 25.1 Å². The molecule has 0 fully saturated rings. The summed E-state index contributed by atoms with van der Waals surface area (Å²) in [4.78, 5) is 18.6. The number of pyridine rings is 1. The van der Waals surface area contributed by atoms with Crippen LogP contribution in [0.3, 0.4) is 0 Å². The molecule has 1 amide bonds. The van der Waals surface area contributed by atoms with Crippen molar-refractivity contribution in [2.75, 3.05) is 24.9 Å². The molecule has 2 N–H and O–H groups in total. The molecule has 174 valence electrons. The number of benzene rings is 2. The van der Waals surface area contributed by atoms with Gasteiger partial charge in [0.1, 0.15) is 0 Å². The molecule has 4 aromatic rings. The molecule has 2 heterocycles. The van der Waals surface area contributed by atoms with E-state index >= 15 is 0 Å². The fraction of sp³-hybridized carbons (Fsp3) is 0.259. The molecule has 0 saturated heterocycles. The van der Waals surface area contributed by atoms with Crippen molar-refractivity contribution < 1.29 is 14.3 Å². The standard InChI is InChI=1S/C27H27N3O3S/c1-32-24-12-10-18(15-25(24)33-2)29-27-20-7-3-4-8-22(20)30-23-11-9-17(14-21(23)27)28-26(31)16-19-6-5-13-34-19/h5-6,9-15H,3-4,7-8,16H2,1-2H3,(H,28,31)(H,29,30). The average Bonchev–Trinajstić information content (AvgIpc) is 3.37. The number of rotatable bonds is 7. The molecule has 6 nitrogen and oxygen atoms in total. The Morgan fingerprint density at radius 2 is 1.82 bits per heavy atom. The molecule has 1 aliphatic carbocycles. The summed E-state index contributed by atoms with van der Waals surface area (Å²) in [5, 5.41) is 9.66. The summed E-state index contributed by atoms with van der Waals surface area (Å²) in [6.45, 7) is 0. The van der Waals surface area contributed by atoms with E-state index in [1.54, 1.807) is 25.6 Å². The molecule has 0 bridgehead atoms. The van der Waals surface area contributed by atoms with Crippen LogP contribution in [0.4, 0.5) is 17.1 Å². The zero-order valence-electron chi connectivity index (χ0n) is 19.3. The van der Waals surface area contributed by atoms with Gasteiger partial charge in [0.25, 0.3) is 0 Å². The minimum absolute atomic E-state index is 0.0258. The highest BCUT2D eigenvalue weighted by Gasteiger charge is 2.19. The van der Waals surface area contributed by atoms with Gasteiger partial charge in [-0.3, -0.25) is 9.78 Å². The largest absolute Gasteiger partial charge is 0.493 e.